The molecule has 0 atom stereocenters. The molecule has 0 radical (unpaired) electrons. The first-order chi connectivity index (χ1) is 9.69. The number of thioether (sulfide) groups is 1. The molecule has 0 aliphatic heterocycles. The third-order valence-electron chi connectivity index (χ3n) is 2.36. The number of hydrogen-bond acceptors (Lipinski definition) is 6. The number of methoxy groups -OCH3 is 1. The average Bonchev–Trinajstić information content (AvgIpc) is 2.85. The topological polar surface area (TPSA) is 65.2 Å². The summed E-state index contributed by atoms with van der Waals surface area (Å²) in [7, 11) is 1.48. The molecule has 2 rings (SSSR count). The van der Waals surface area contributed by atoms with Crippen LogP contribution in [0.1, 0.15) is 11.7 Å². The van der Waals surface area contributed by atoms with Crippen LogP contribution in [0.5, 0.6) is 0 Å². The van der Waals surface area contributed by atoms with E-state index in [0.717, 1.165) is 9.37 Å². The standard InChI is InChI=1S/C13H13BrN2O3S/c1-18-7-9(17)6-13-15-12(16-19-13)8-20-11-5-3-2-4-10(11)14/h2-5H,6-8H2,1H3. The normalized spacial score (nSPS) is 10.7. The molecule has 0 aliphatic carbocycles. The maximum absolute atomic E-state index is 11.4. The molecular weight excluding hydrogens is 344 g/mol. The minimum absolute atomic E-state index is 0.0590. The summed E-state index contributed by atoms with van der Waals surface area (Å²) >= 11 is 5.08. The largest absolute Gasteiger partial charge is 0.377 e. The maximum Gasteiger partial charge on any atom is 0.234 e. The Morgan fingerprint density at radius 3 is 3.00 bits per heavy atom. The van der Waals surface area contributed by atoms with Gasteiger partial charge in [-0.05, 0) is 28.1 Å². The summed E-state index contributed by atoms with van der Waals surface area (Å²) in [6.45, 7) is 0.0590. The SMILES string of the molecule is COCC(=O)Cc1nc(CSc2ccccc2Br)no1. The first-order valence-electron chi connectivity index (χ1n) is 5.88. The van der Waals surface area contributed by atoms with Gasteiger partial charge in [0.05, 0.1) is 12.2 Å². The van der Waals surface area contributed by atoms with Crippen LogP contribution in [0.25, 0.3) is 0 Å². The van der Waals surface area contributed by atoms with Crippen LogP contribution < -0.4 is 0 Å². The number of ketones is 1. The summed E-state index contributed by atoms with van der Waals surface area (Å²) in [5, 5.41) is 3.86. The minimum Gasteiger partial charge on any atom is -0.377 e. The second-order valence-electron chi connectivity index (χ2n) is 3.97. The lowest BCUT2D eigenvalue weighted by Gasteiger charge is -2.00. The molecule has 0 fully saturated rings. The van der Waals surface area contributed by atoms with Gasteiger partial charge in [0.1, 0.15) is 6.61 Å². The second-order valence-corrected chi connectivity index (χ2v) is 5.84. The zero-order valence-electron chi connectivity index (χ0n) is 10.8. The van der Waals surface area contributed by atoms with Gasteiger partial charge in [-0.1, -0.05) is 17.3 Å². The van der Waals surface area contributed by atoms with Gasteiger partial charge in [-0.2, -0.15) is 4.98 Å². The fourth-order valence-electron chi connectivity index (χ4n) is 1.51. The summed E-state index contributed by atoms with van der Waals surface area (Å²) in [4.78, 5) is 16.7. The van der Waals surface area contributed by atoms with Crippen LogP contribution >= 0.6 is 27.7 Å². The third-order valence-corrected chi connectivity index (χ3v) is 4.38. The van der Waals surface area contributed by atoms with Gasteiger partial charge in [-0.3, -0.25) is 4.79 Å². The fourth-order valence-corrected chi connectivity index (χ4v) is 2.92. The summed E-state index contributed by atoms with van der Waals surface area (Å²) in [5.74, 6) is 1.41. The van der Waals surface area contributed by atoms with Crippen molar-refractivity contribution in [1.29, 1.82) is 0 Å². The lowest BCUT2D eigenvalue weighted by Crippen LogP contribution is -2.09. The highest BCUT2D eigenvalue weighted by Crippen LogP contribution is 2.28. The number of nitrogens with zero attached hydrogens (tertiary/aromatic N) is 2. The molecule has 0 saturated carbocycles. The van der Waals surface area contributed by atoms with E-state index in [1.54, 1.807) is 11.8 Å². The number of carbonyl (C=O) groups excluding carboxylic acids is 1. The van der Waals surface area contributed by atoms with Gasteiger partial charge in [0, 0.05) is 16.5 Å². The molecule has 0 N–H and O–H groups in total. The van der Waals surface area contributed by atoms with E-state index in [1.165, 1.54) is 7.11 Å². The van der Waals surface area contributed by atoms with Crippen molar-refractivity contribution in [2.24, 2.45) is 0 Å². The first kappa shape index (κ1) is 15.2. The number of aromatic nitrogens is 2. The Balaban J connectivity index is 1.90. The molecule has 0 aliphatic rings. The lowest BCUT2D eigenvalue weighted by atomic mass is 10.3. The van der Waals surface area contributed by atoms with E-state index in [2.05, 4.69) is 26.1 Å². The molecule has 5 nitrogen and oxygen atoms in total. The fraction of sp³-hybridized carbons (Fsp3) is 0.308. The van der Waals surface area contributed by atoms with Crippen molar-refractivity contribution in [3.8, 4) is 0 Å². The summed E-state index contributed by atoms with van der Waals surface area (Å²) in [6, 6.07) is 7.92. The lowest BCUT2D eigenvalue weighted by molar-refractivity contribution is -0.122. The number of halogens is 1. The Morgan fingerprint density at radius 2 is 2.25 bits per heavy atom. The van der Waals surface area contributed by atoms with Crippen molar-refractivity contribution >= 4 is 33.5 Å². The first-order valence-corrected chi connectivity index (χ1v) is 7.66. The van der Waals surface area contributed by atoms with Gasteiger partial charge in [0.25, 0.3) is 0 Å². The van der Waals surface area contributed by atoms with E-state index in [1.807, 2.05) is 24.3 Å². The van der Waals surface area contributed by atoms with Crippen molar-refractivity contribution in [2.45, 2.75) is 17.1 Å². The van der Waals surface area contributed by atoms with Crippen molar-refractivity contribution < 1.29 is 14.1 Å². The summed E-state index contributed by atoms with van der Waals surface area (Å²) in [6.07, 6.45) is 0.112. The van der Waals surface area contributed by atoms with Gasteiger partial charge in [0.2, 0.25) is 5.89 Å². The minimum atomic E-state index is -0.0823. The molecule has 0 spiro atoms. The molecule has 1 aromatic heterocycles. The number of benzene rings is 1. The molecule has 106 valence electrons. The van der Waals surface area contributed by atoms with E-state index in [-0.39, 0.29) is 18.8 Å². The van der Waals surface area contributed by atoms with Gasteiger partial charge >= 0.3 is 0 Å². The second kappa shape index (κ2) is 7.56. The van der Waals surface area contributed by atoms with Crippen molar-refractivity contribution in [1.82, 2.24) is 10.1 Å². The van der Waals surface area contributed by atoms with E-state index in [4.69, 9.17) is 9.26 Å². The summed E-state index contributed by atoms with van der Waals surface area (Å²) in [5.41, 5.74) is 0. The van der Waals surface area contributed by atoms with Crippen LogP contribution in [0.4, 0.5) is 0 Å². The molecule has 0 bridgehead atoms. The van der Waals surface area contributed by atoms with E-state index in [9.17, 15) is 4.79 Å². The molecule has 7 heteroatoms. The Morgan fingerprint density at radius 1 is 1.45 bits per heavy atom. The smallest absolute Gasteiger partial charge is 0.234 e. The van der Waals surface area contributed by atoms with Crippen molar-refractivity contribution in [2.75, 3.05) is 13.7 Å². The van der Waals surface area contributed by atoms with Crippen LogP contribution in [0.3, 0.4) is 0 Å². The third kappa shape index (κ3) is 4.43. The van der Waals surface area contributed by atoms with Crippen LogP contribution in [0, 0.1) is 0 Å². The van der Waals surface area contributed by atoms with Crippen LogP contribution in [0.15, 0.2) is 38.2 Å². The molecular formula is C13H13BrN2O3S. The van der Waals surface area contributed by atoms with E-state index >= 15 is 0 Å². The Hall–Kier alpha value is -1.18. The summed E-state index contributed by atoms with van der Waals surface area (Å²) < 4.78 is 10.8. The molecule has 20 heavy (non-hydrogen) atoms. The number of rotatable bonds is 7. The molecule has 0 unspecified atom stereocenters. The average molecular weight is 357 g/mol. The predicted octanol–water partition coefficient (Wildman–Crippen LogP) is 2.88. The predicted molar refractivity (Wildman–Crippen MR) is 78.6 cm³/mol. The molecule has 0 saturated heterocycles. The highest BCUT2D eigenvalue weighted by molar-refractivity contribution is 9.10. The van der Waals surface area contributed by atoms with Gasteiger partial charge in [-0.15, -0.1) is 11.8 Å². The van der Waals surface area contributed by atoms with Crippen molar-refractivity contribution in [3.63, 3.8) is 0 Å². The van der Waals surface area contributed by atoms with Gasteiger partial charge in [0.15, 0.2) is 11.6 Å². The molecule has 1 heterocycles. The van der Waals surface area contributed by atoms with E-state index in [0.29, 0.717) is 17.5 Å². The van der Waals surface area contributed by atoms with Gasteiger partial charge in [-0.25, -0.2) is 0 Å². The Labute approximate surface area is 129 Å². The van der Waals surface area contributed by atoms with Crippen molar-refractivity contribution in [3.05, 3.63) is 40.5 Å². The Bertz CT molecular complexity index is 589. The number of ether oxygens (including phenoxy) is 1. The van der Waals surface area contributed by atoms with Gasteiger partial charge < -0.3 is 9.26 Å². The molecule has 1 aromatic carbocycles. The highest BCUT2D eigenvalue weighted by atomic mass is 79.9. The molecule has 0 amide bonds. The monoisotopic (exact) mass is 356 g/mol. The highest BCUT2D eigenvalue weighted by Gasteiger charge is 2.11. The number of Topliss-reactive ketones (excluding diaryl/α,β-unsaturated/α-hetero) is 1. The number of hydrogen-bond donors (Lipinski definition) is 0. The van der Waals surface area contributed by atoms with Crippen LogP contribution in [-0.4, -0.2) is 29.6 Å². The molecule has 2 aromatic rings. The zero-order chi connectivity index (χ0) is 14.4. The van der Waals surface area contributed by atoms with Crippen LogP contribution in [-0.2, 0) is 21.7 Å². The maximum atomic E-state index is 11.4. The zero-order valence-corrected chi connectivity index (χ0v) is 13.2. The Kier molecular flexibility index (Phi) is 5.75. The quantitative estimate of drug-likeness (QED) is 0.710. The van der Waals surface area contributed by atoms with Crippen LogP contribution in [0.2, 0.25) is 0 Å². The number of carbonyl (C=O) groups is 1. The van der Waals surface area contributed by atoms with E-state index < -0.39 is 0 Å².